The number of piperidine rings is 2. The number of amides is 3. The van der Waals surface area contributed by atoms with Crippen molar-refractivity contribution in [3.8, 4) is 16.9 Å². The van der Waals surface area contributed by atoms with E-state index in [0.29, 0.717) is 80.1 Å². The Morgan fingerprint density at radius 2 is 1.60 bits per heavy atom. The number of ether oxygens (including phenoxy) is 1. The number of hydrogen-bond acceptors (Lipinski definition) is 11. The van der Waals surface area contributed by atoms with Crippen LogP contribution in [0.25, 0.3) is 16.9 Å². The van der Waals surface area contributed by atoms with E-state index in [4.69, 9.17) is 4.74 Å². The summed E-state index contributed by atoms with van der Waals surface area (Å²) in [5, 5.41) is 8.68. The van der Waals surface area contributed by atoms with Crippen molar-refractivity contribution in [2.45, 2.75) is 75.6 Å². The van der Waals surface area contributed by atoms with Gasteiger partial charge < -0.3 is 25.2 Å². The highest BCUT2D eigenvalue weighted by Crippen LogP contribution is 2.29. The van der Waals surface area contributed by atoms with Gasteiger partial charge in [0.1, 0.15) is 23.7 Å². The van der Waals surface area contributed by atoms with Crippen molar-refractivity contribution in [3.63, 3.8) is 0 Å². The molecule has 8 rings (SSSR count). The zero-order chi connectivity index (χ0) is 40.2. The van der Waals surface area contributed by atoms with Crippen molar-refractivity contribution in [1.82, 2.24) is 29.7 Å². The van der Waals surface area contributed by atoms with E-state index in [1.165, 1.54) is 16.7 Å². The Labute approximate surface area is 334 Å². The quantitative estimate of drug-likeness (QED) is 0.198. The number of piperazine rings is 1. The van der Waals surface area contributed by atoms with E-state index in [1.807, 2.05) is 4.90 Å². The maximum atomic E-state index is 15.2. The van der Waals surface area contributed by atoms with Crippen LogP contribution in [0.15, 0.2) is 77.9 Å². The fourth-order valence-corrected chi connectivity index (χ4v) is 8.43. The number of nitrogens with one attached hydrogen (secondary N) is 3. The highest BCUT2D eigenvalue weighted by atomic mass is 19.1. The molecule has 0 bridgehead atoms. The molecule has 4 fully saturated rings. The number of likely N-dealkylation sites (tertiary alicyclic amines) is 1. The third kappa shape index (κ3) is 8.96. The average Bonchev–Trinajstić information content (AvgIpc) is 3.24. The van der Waals surface area contributed by atoms with Gasteiger partial charge in [0.2, 0.25) is 17.8 Å². The summed E-state index contributed by atoms with van der Waals surface area (Å²) in [7, 11) is 0. The molecule has 16 heteroatoms. The molecule has 4 aliphatic rings. The Morgan fingerprint density at radius 1 is 0.810 bits per heavy atom. The molecule has 58 heavy (non-hydrogen) atoms. The molecular formula is C42H47F2N9O5. The summed E-state index contributed by atoms with van der Waals surface area (Å²) in [5.74, 6) is -1.30. The lowest BCUT2D eigenvalue weighted by atomic mass is 9.93. The molecule has 1 unspecified atom stereocenters. The highest BCUT2D eigenvalue weighted by molar-refractivity contribution is 6.01. The summed E-state index contributed by atoms with van der Waals surface area (Å²) < 4.78 is 37.6. The van der Waals surface area contributed by atoms with E-state index < -0.39 is 17.8 Å². The van der Waals surface area contributed by atoms with Crippen LogP contribution < -0.4 is 26.4 Å². The number of carbonyl (C=O) groups excluding carboxylic acids is 3. The van der Waals surface area contributed by atoms with Crippen LogP contribution in [0.1, 0.15) is 51.4 Å². The van der Waals surface area contributed by atoms with Gasteiger partial charge in [-0.25, -0.2) is 23.5 Å². The molecule has 304 valence electrons. The van der Waals surface area contributed by atoms with E-state index in [0.717, 1.165) is 45.0 Å². The molecule has 2 aromatic carbocycles. The molecule has 5 heterocycles. The number of pyridine rings is 1. The lowest BCUT2D eigenvalue weighted by Crippen LogP contribution is -2.54. The number of anilines is 3. The van der Waals surface area contributed by atoms with Gasteiger partial charge >= 0.3 is 6.09 Å². The number of imide groups is 1. The van der Waals surface area contributed by atoms with E-state index in [9.17, 15) is 23.6 Å². The molecule has 3 N–H and O–H groups in total. The molecule has 2 aromatic heterocycles. The lowest BCUT2D eigenvalue weighted by molar-refractivity contribution is -0.133. The second kappa shape index (κ2) is 17.3. The van der Waals surface area contributed by atoms with E-state index in [1.54, 1.807) is 59.6 Å². The fraction of sp³-hybridized carbons (Fsp3) is 0.429. The second-order valence-corrected chi connectivity index (χ2v) is 15.4. The van der Waals surface area contributed by atoms with Gasteiger partial charge in [0.15, 0.2) is 5.82 Å². The molecule has 0 radical (unpaired) electrons. The minimum Gasteiger partial charge on any atom is -0.446 e. The standard InChI is InChI=1S/C42H47F2N9O5/c43-33-25-29(46-35-12-14-37(54)48-40(35)56)9-13-36(33)51-22-20-50(21-23-51)30-15-18-52(19-16-30)42(57)58-32-10-7-28(8-11-32)47-41-45-26-34(44)39(49-41)27-4-3-5-31(24-27)53-17-2-1-6-38(53)55/h1-6,9,13,17,24-26,28,30,32,35,46H,7-8,10-12,14-16,18-23H2,(H,45,47,49)(H,48,54,56)/t28-,32-,35?. The van der Waals surface area contributed by atoms with Gasteiger partial charge in [-0.05, 0) is 81.3 Å². The van der Waals surface area contributed by atoms with Crippen molar-refractivity contribution < 1.29 is 27.9 Å². The molecule has 3 amide bonds. The molecule has 14 nitrogen and oxygen atoms in total. The Morgan fingerprint density at radius 3 is 2.34 bits per heavy atom. The summed E-state index contributed by atoms with van der Waals surface area (Å²) in [6.45, 7) is 4.17. The van der Waals surface area contributed by atoms with Gasteiger partial charge in [-0.15, -0.1) is 0 Å². The number of rotatable bonds is 9. The van der Waals surface area contributed by atoms with Crippen molar-refractivity contribution in [2.75, 3.05) is 54.8 Å². The van der Waals surface area contributed by atoms with Gasteiger partial charge in [-0.2, -0.15) is 0 Å². The normalized spacial score (nSPS) is 22.0. The minimum atomic E-state index is -0.572. The predicted molar refractivity (Wildman–Crippen MR) is 214 cm³/mol. The molecule has 3 aliphatic heterocycles. The maximum Gasteiger partial charge on any atom is 0.410 e. The number of halogens is 2. The van der Waals surface area contributed by atoms with Crippen molar-refractivity contribution in [2.24, 2.45) is 0 Å². The molecular weight excluding hydrogens is 749 g/mol. The van der Waals surface area contributed by atoms with Crippen LogP contribution in [0, 0.1) is 11.6 Å². The number of hydrogen-bond donors (Lipinski definition) is 3. The van der Waals surface area contributed by atoms with Gasteiger partial charge in [0, 0.05) is 87.0 Å². The predicted octanol–water partition coefficient (Wildman–Crippen LogP) is 4.94. The van der Waals surface area contributed by atoms with Crippen LogP contribution in [0.4, 0.5) is 30.9 Å². The summed E-state index contributed by atoms with van der Waals surface area (Å²) >= 11 is 0. The van der Waals surface area contributed by atoms with Crippen molar-refractivity contribution >= 4 is 35.2 Å². The fourth-order valence-electron chi connectivity index (χ4n) is 8.43. The first kappa shape index (κ1) is 38.9. The lowest BCUT2D eigenvalue weighted by Gasteiger charge is -2.43. The van der Waals surface area contributed by atoms with Crippen LogP contribution in [-0.2, 0) is 14.3 Å². The highest BCUT2D eigenvalue weighted by Gasteiger charge is 2.33. The van der Waals surface area contributed by atoms with E-state index in [-0.39, 0.29) is 47.6 Å². The zero-order valence-corrected chi connectivity index (χ0v) is 32.1. The van der Waals surface area contributed by atoms with Crippen molar-refractivity contribution in [1.29, 1.82) is 0 Å². The molecule has 1 saturated carbocycles. The third-order valence-electron chi connectivity index (χ3n) is 11.7. The Hall–Kier alpha value is -5.90. The SMILES string of the molecule is O=C1CCC(Nc2ccc(N3CCN(C4CCN(C(=O)O[C@H]5CC[C@H](Nc6ncc(F)c(-c7cccc(-n8ccccc8=O)c7)n6)CC5)CC4)CC3)c(F)c2)C(=O)N1. The molecule has 1 atom stereocenters. The number of aromatic nitrogens is 3. The smallest absolute Gasteiger partial charge is 0.410 e. The molecule has 4 aromatic rings. The molecule has 3 saturated heterocycles. The Balaban J connectivity index is 0.760. The molecule has 0 spiro atoms. The van der Waals surface area contributed by atoms with Crippen LogP contribution in [-0.4, -0.2) is 106 Å². The van der Waals surface area contributed by atoms with Gasteiger partial charge in [0.05, 0.1) is 11.9 Å². The van der Waals surface area contributed by atoms with E-state index in [2.05, 4.69) is 30.8 Å². The van der Waals surface area contributed by atoms with Crippen LogP contribution in [0.3, 0.4) is 0 Å². The summed E-state index contributed by atoms with van der Waals surface area (Å²) in [6, 6.07) is 16.6. The summed E-state index contributed by atoms with van der Waals surface area (Å²) in [5.41, 5.74) is 2.10. The first-order chi connectivity index (χ1) is 28.2. The largest absolute Gasteiger partial charge is 0.446 e. The van der Waals surface area contributed by atoms with Crippen LogP contribution in [0.2, 0.25) is 0 Å². The van der Waals surface area contributed by atoms with Gasteiger partial charge in [-0.1, -0.05) is 18.2 Å². The maximum absolute atomic E-state index is 15.2. The summed E-state index contributed by atoms with van der Waals surface area (Å²) in [6.07, 6.45) is 7.50. The Kier molecular flexibility index (Phi) is 11.6. The van der Waals surface area contributed by atoms with Gasteiger partial charge in [-0.3, -0.25) is 29.2 Å². The van der Waals surface area contributed by atoms with Crippen molar-refractivity contribution in [3.05, 3.63) is 95.0 Å². The molecule has 1 aliphatic carbocycles. The average molecular weight is 796 g/mol. The van der Waals surface area contributed by atoms with E-state index >= 15 is 4.39 Å². The first-order valence-electron chi connectivity index (χ1n) is 20.1. The van der Waals surface area contributed by atoms with Crippen LogP contribution in [0.5, 0.6) is 0 Å². The number of benzene rings is 2. The minimum absolute atomic E-state index is 0.0385. The van der Waals surface area contributed by atoms with Crippen LogP contribution >= 0.6 is 0 Å². The van der Waals surface area contributed by atoms with Gasteiger partial charge in [0.25, 0.3) is 5.56 Å². The third-order valence-corrected chi connectivity index (χ3v) is 11.7. The monoisotopic (exact) mass is 795 g/mol. The summed E-state index contributed by atoms with van der Waals surface area (Å²) in [4.78, 5) is 64.0. The number of nitrogens with zero attached hydrogens (tertiary/aromatic N) is 6. The zero-order valence-electron chi connectivity index (χ0n) is 32.1. The first-order valence-corrected chi connectivity index (χ1v) is 20.1. The second-order valence-electron chi connectivity index (χ2n) is 15.4. The topological polar surface area (TPSA) is 154 Å². The Bertz CT molecular complexity index is 2200. The number of carbonyl (C=O) groups is 3.